The van der Waals surface area contributed by atoms with Gasteiger partial charge in [0.15, 0.2) is 0 Å². The molecule has 2 aromatic carbocycles. The average Bonchev–Trinajstić information content (AvgIpc) is 2.94. The molecule has 0 aliphatic carbocycles. The van der Waals surface area contributed by atoms with E-state index in [2.05, 4.69) is 59.8 Å². The Kier molecular flexibility index (Phi) is 2.55. The number of nitrogens with zero attached hydrogens (tertiary/aromatic N) is 2. The molecule has 2 aromatic heterocycles. The third-order valence-electron chi connectivity index (χ3n) is 5.42. The Morgan fingerprint density at radius 3 is 2.75 bits per heavy atom. The van der Waals surface area contributed by atoms with Crippen molar-refractivity contribution in [1.29, 1.82) is 0 Å². The van der Waals surface area contributed by atoms with Crippen molar-refractivity contribution in [2.24, 2.45) is 0 Å². The number of para-hydroxylation sites is 1. The number of fused-ring (bicyclic) bond motifs is 5. The first-order chi connectivity index (χ1) is 11.6. The summed E-state index contributed by atoms with van der Waals surface area (Å²) in [5, 5.41) is 11.9. The lowest BCUT2D eigenvalue weighted by Gasteiger charge is -2.34. The minimum Gasteiger partial charge on any atom is -0.392 e. The Balaban J connectivity index is 2.08. The summed E-state index contributed by atoms with van der Waals surface area (Å²) >= 11 is 0. The summed E-state index contributed by atoms with van der Waals surface area (Å²) in [5.41, 5.74) is 7.08. The minimum atomic E-state index is -0.0675. The van der Waals surface area contributed by atoms with Crippen LogP contribution in [-0.4, -0.2) is 14.7 Å². The van der Waals surface area contributed by atoms with Crippen LogP contribution >= 0.6 is 0 Å². The van der Waals surface area contributed by atoms with Crippen LogP contribution in [0.15, 0.2) is 54.9 Å². The maximum Gasteiger partial charge on any atom is 0.0686 e. The molecule has 0 spiro atoms. The Morgan fingerprint density at radius 1 is 1.04 bits per heavy atom. The molecule has 0 unspecified atom stereocenters. The quantitative estimate of drug-likeness (QED) is 0.568. The van der Waals surface area contributed by atoms with E-state index >= 15 is 0 Å². The van der Waals surface area contributed by atoms with Crippen LogP contribution in [0.2, 0.25) is 0 Å². The number of hydrogen-bond acceptors (Lipinski definition) is 2. The van der Waals surface area contributed by atoms with Crippen molar-refractivity contribution in [2.45, 2.75) is 25.9 Å². The van der Waals surface area contributed by atoms with Gasteiger partial charge in [-0.15, -0.1) is 0 Å². The molecule has 4 aromatic rings. The predicted molar refractivity (Wildman–Crippen MR) is 96.6 cm³/mol. The minimum absolute atomic E-state index is 0.0614. The van der Waals surface area contributed by atoms with Crippen molar-refractivity contribution < 1.29 is 5.11 Å². The lowest BCUT2D eigenvalue weighted by molar-refractivity contribution is 0.282. The molecule has 0 saturated heterocycles. The highest BCUT2D eigenvalue weighted by atomic mass is 16.3. The van der Waals surface area contributed by atoms with Gasteiger partial charge in [0.05, 0.1) is 29.5 Å². The molecule has 1 N–H and O–H groups in total. The van der Waals surface area contributed by atoms with Gasteiger partial charge in [-0.1, -0.05) is 38.1 Å². The van der Waals surface area contributed by atoms with Crippen LogP contribution in [0.4, 0.5) is 0 Å². The highest BCUT2D eigenvalue weighted by Crippen LogP contribution is 2.46. The Hall–Kier alpha value is -2.65. The Labute approximate surface area is 140 Å². The van der Waals surface area contributed by atoms with E-state index in [-0.39, 0.29) is 12.0 Å². The van der Waals surface area contributed by atoms with E-state index in [1.807, 2.05) is 18.5 Å². The summed E-state index contributed by atoms with van der Waals surface area (Å²) in [6, 6.07) is 14.9. The molecular weight excluding hydrogens is 296 g/mol. The van der Waals surface area contributed by atoms with E-state index in [1.165, 1.54) is 32.9 Å². The van der Waals surface area contributed by atoms with Crippen molar-refractivity contribution in [3.05, 3.63) is 71.5 Å². The second kappa shape index (κ2) is 4.46. The van der Waals surface area contributed by atoms with Gasteiger partial charge in [0.1, 0.15) is 0 Å². The fraction of sp³-hybridized carbons (Fsp3) is 0.190. The van der Waals surface area contributed by atoms with E-state index in [4.69, 9.17) is 0 Å². The van der Waals surface area contributed by atoms with Crippen LogP contribution in [0.5, 0.6) is 0 Å². The molecule has 0 atom stereocenters. The van der Waals surface area contributed by atoms with Gasteiger partial charge in [-0.3, -0.25) is 4.98 Å². The van der Waals surface area contributed by atoms with Gasteiger partial charge in [0.2, 0.25) is 0 Å². The number of aliphatic hydroxyl groups excluding tert-OH is 1. The SMILES string of the molecule is CC1(C)c2ccncc2-n2c3ccc(CO)cc3c3cccc1c32. The molecule has 0 radical (unpaired) electrons. The monoisotopic (exact) mass is 314 g/mol. The van der Waals surface area contributed by atoms with Crippen molar-refractivity contribution in [2.75, 3.05) is 0 Å². The van der Waals surface area contributed by atoms with Gasteiger partial charge in [-0.2, -0.15) is 0 Å². The second-order valence-electron chi connectivity index (χ2n) is 7.06. The summed E-state index contributed by atoms with van der Waals surface area (Å²) in [5.74, 6) is 0. The molecule has 3 nitrogen and oxygen atoms in total. The lowest BCUT2D eigenvalue weighted by atomic mass is 9.75. The van der Waals surface area contributed by atoms with E-state index in [1.54, 1.807) is 0 Å². The summed E-state index contributed by atoms with van der Waals surface area (Å²) in [6.07, 6.45) is 3.84. The van der Waals surface area contributed by atoms with Gasteiger partial charge in [-0.25, -0.2) is 0 Å². The molecule has 0 amide bonds. The van der Waals surface area contributed by atoms with Crippen LogP contribution in [0, 0.1) is 0 Å². The van der Waals surface area contributed by atoms with E-state index in [9.17, 15) is 5.11 Å². The first-order valence-corrected chi connectivity index (χ1v) is 8.25. The molecule has 1 aliphatic heterocycles. The zero-order chi connectivity index (χ0) is 16.5. The molecule has 5 rings (SSSR count). The van der Waals surface area contributed by atoms with Gasteiger partial charge in [0, 0.05) is 22.4 Å². The van der Waals surface area contributed by atoms with Crippen LogP contribution in [0.1, 0.15) is 30.5 Å². The molecule has 1 aliphatic rings. The first-order valence-electron chi connectivity index (χ1n) is 8.25. The smallest absolute Gasteiger partial charge is 0.0686 e. The number of aliphatic hydroxyl groups is 1. The van der Waals surface area contributed by atoms with E-state index in [0.29, 0.717) is 0 Å². The molecular formula is C21H18N2O. The number of pyridine rings is 1. The standard InChI is InChI=1S/C21H18N2O/c1-21(2)16-8-9-22-11-19(16)23-18-7-6-13(12-24)10-15(18)14-4-3-5-17(21)20(14)23/h3-11,24H,12H2,1-2H3. The molecule has 0 saturated carbocycles. The summed E-state index contributed by atoms with van der Waals surface area (Å²) < 4.78 is 2.33. The maximum absolute atomic E-state index is 9.52. The number of rotatable bonds is 1. The fourth-order valence-electron chi connectivity index (χ4n) is 4.21. The topological polar surface area (TPSA) is 38.0 Å². The summed E-state index contributed by atoms with van der Waals surface area (Å²) in [6.45, 7) is 4.62. The van der Waals surface area contributed by atoms with Crippen LogP contribution in [0.3, 0.4) is 0 Å². The second-order valence-corrected chi connectivity index (χ2v) is 7.06. The lowest BCUT2D eigenvalue weighted by Crippen LogP contribution is -2.26. The number of aromatic nitrogens is 2. The zero-order valence-corrected chi connectivity index (χ0v) is 13.7. The van der Waals surface area contributed by atoms with Crippen LogP contribution in [-0.2, 0) is 12.0 Å². The van der Waals surface area contributed by atoms with Gasteiger partial charge in [-0.05, 0) is 34.9 Å². The normalized spacial score (nSPS) is 15.0. The van der Waals surface area contributed by atoms with Crippen LogP contribution in [0.25, 0.3) is 27.5 Å². The molecule has 0 fully saturated rings. The first kappa shape index (κ1) is 13.8. The average molecular weight is 314 g/mol. The van der Waals surface area contributed by atoms with E-state index < -0.39 is 0 Å². The fourth-order valence-corrected chi connectivity index (χ4v) is 4.21. The summed E-state index contributed by atoms with van der Waals surface area (Å²) in [4.78, 5) is 4.38. The third-order valence-corrected chi connectivity index (χ3v) is 5.42. The highest BCUT2D eigenvalue weighted by Gasteiger charge is 2.34. The van der Waals surface area contributed by atoms with Gasteiger partial charge in [0.25, 0.3) is 0 Å². The predicted octanol–water partition coefficient (Wildman–Crippen LogP) is 4.31. The highest BCUT2D eigenvalue weighted by molar-refractivity contribution is 6.11. The van der Waals surface area contributed by atoms with Crippen molar-refractivity contribution >= 4 is 21.8 Å². The largest absolute Gasteiger partial charge is 0.392 e. The molecule has 24 heavy (non-hydrogen) atoms. The molecule has 0 bridgehead atoms. The van der Waals surface area contributed by atoms with Crippen molar-refractivity contribution in [1.82, 2.24) is 9.55 Å². The molecule has 3 heterocycles. The van der Waals surface area contributed by atoms with Crippen molar-refractivity contribution in [3.8, 4) is 5.69 Å². The maximum atomic E-state index is 9.52. The van der Waals surface area contributed by atoms with Gasteiger partial charge < -0.3 is 9.67 Å². The summed E-state index contributed by atoms with van der Waals surface area (Å²) in [7, 11) is 0. The van der Waals surface area contributed by atoms with Crippen LogP contribution < -0.4 is 0 Å². The van der Waals surface area contributed by atoms with Gasteiger partial charge >= 0.3 is 0 Å². The van der Waals surface area contributed by atoms with E-state index in [0.717, 1.165) is 11.3 Å². The zero-order valence-electron chi connectivity index (χ0n) is 13.7. The Bertz CT molecular complexity index is 1120. The third kappa shape index (κ3) is 1.53. The van der Waals surface area contributed by atoms with Crippen molar-refractivity contribution in [3.63, 3.8) is 0 Å². The molecule has 3 heteroatoms. The Morgan fingerprint density at radius 2 is 1.92 bits per heavy atom. The number of hydrogen-bond donors (Lipinski definition) is 1. The molecule has 118 valence electrons. The number of benzene rings is 2.